The van der Waals surface area contributed by atoms with Crippen LogP contribution in [0.1, 0.15) is 232 Å². The zero-order chi connectivity index (χ0) is 46.4. The standard InChI is InChI=1S/C49H93O13P/c1-3-5-7-9-11-13-15-17-19-20-21-22-24-26-28-30-32-34-36-38-43(51)61-41(40-60-63(57,58)62-49-47(55)45(53)44(52)46(54)48(49)56)39-59-42(50)37-35-33-31-29-27-25-23-18-16-14-12-10-8-6-4-2/h17,19,41,44-49,52-56H,3-16,18,20-40H2,1-2H3,(H,57,58)/b19-17+/t41-,44?,45-,46?,47?,48?,49?/m1/s1. The normalized spacial score (nSPS) is 21.7. The Morgan fingerprint density at radius 1 is 0.476 bits per heavy atom. The van der Waals surface area contributed by atoms with Crippen molar-refractivity contribution in [3.63, 3.8) is 0 Å². The number of phosphoric ester groups is 1. The highest BCUT2D eigenvalue weighted by atomic mass is 31.2. The minimum atomic E-state index is -5.12. The average molecular weight is 921 g/mol. The Kier molecular flexibility index (Phi) is 37.6. The molecule has 0 spiro atoms. The summed E-state index contributed by atoms with van der Waals surface area (Å²) in [5.74, 6) is -1.09. The highest BCUT2D eigenvalue weighted by Gasteiger charge is 2.51. The van der Waals surface area contributed by atoms with E-state index in [1.807, 2.05) is 0 Å². The molecule has 63 heavy (non-hydrogen) atoms. The van der Waals surface area contributed by atoms with Crippen LogP contribution >= 0.6 is 7.82 Å². The predicted molar refractivity (Wildman–Crippen MR) is 249 cm³/mol. The summed E-state index contributed by atoms with van der Waals surface area (Å²) in [6.07, 6.45) is 29.7. The summed E-state index contributed by atoms with van der Waals surface area (Å²) < 4.78 is 33.6. The van der Waals surface area contributed by atoms with Crippen molar-refractivity contribution in [3.8, 4) is 0 Å². The third-order valence-corrected chi connectivity index (χ3v) is 13.1. The zero-order valence-corrected chi connectivity index (χ0v) is 40.5. The molecule has 1 fully saturated rings. The van der Waals surface area contributed by atoms with E-state index in [-0.39, 0.29) is 12.8 Å². The molecule has 1 rings (SSSR count). The molecule has 6 unspecified atom stereocenters. The monoisotopic (exact) mass is 921 g/mol. The van der Waals surface area contributed by atoms with Gasteiger partial charge in [-0.1, -0.05) is 193 Å². The van der Waals surface area contributed by atoms with E-state index in [0.29, 0.717) is 12.8 Å². The lowest BCUT2D eigenvalue weighted by atomic mass is 9.85. The van der Waals surface area contributed by atoms with Crippen molar-refractivity contribution in [2.75, 3.05) is 13.2 Å². The molecule has 0 radical (unpaired) electrons. The van der Waals surface area contributed by atoms with Gasteiger partial charge in [-0.3, -0.25) is 18.6 Å². The first-order valence-electron chi connectivity index (χ1n) is 25.5. The molecule has 0 bridgehead atoms. The molecule has 6 N–H and O–H groups in total. The topological polar surface area (TPSA) is 210 Å². The Bertz CT molecular complexity index is 1160. The van der Waals surface area contributed by atoms with Crippen molar-refractivity contribution in [3.05, 3.63) is 12.2 Å². The number of hydrogen-bond acceptors (Lipinski definition) is 12. The largest absolute Gasteiger partial charge is 0.472 e. The van der Waals surface area contributed by atoms with E-state index >= 15 is 0 Å². The number of unbranched alkanes of at least 4 members (excludes halogenated alkanes) is 29. The van der Waals surface area contributed by atoms with Gasteiger partial charge in [0, 0.05) is 12.8 Å². The van der Waals surface area contributed by atoms with Crippen molar-refractivity contribution < 1.29 is 63.1 Å². The van der Waals surface area contributed by atoms with Crippen molar-refractivity contribution in [1.82, 2.24) is 0 Å². The van der Waals surface area contributed by atoms with Crippen LogP contribution < -0.4 is 0 Å². The van der Waals surface area contributed by atoms with Gasteiger partial charge in [-0.05, 0) is 38.5 Å². The molecule has 1 aliphatic rings. The van der Waals surface area contributed by atoms with Crippen LogP contribution in [-0.2, 0) is 32.7 Å². The maximum Gasteiger partial charge on any atom is 0.472 e. The summed E-state index contributed by atoms with van der Waals surface area (Å²) in [6, 6.07) is 0. The number of carbonyl (C=O) groups excluding carboxylic acids is 2. The van der Waals surface area contributed by atoms with Gasteiger partial charge in [0.15, 0.2) is 6.10 Å². The third-order valence-electron chi connectivity index (χ3n) is 12.1. The van der Waals surface area contributed by atoms with Gasteiger partial charge in [0.2, 0.25) is 0 Å². The minimum Gasteiger partial charge on any atom is -0.462 e. The minimum absolute atomic E-state index is 0.0990. The van der Waals surface area contributed by atoms with Crippen LogP contribution in [0.2, 0.25) is 0 Å². The van der Waals surface area contributed by atoms with E-state index in [2.05, 4.69) is 26.0 Å². The molecule has 13 nitrogen and oxygen atoms in total. The van der Waals surface area contributed by atoms with Crippen LogP contribution in [0.4, 0.5) is 0 Å². The Labute approximate surface area is 382 Å². The lowest BCUT2D eigenvalue weighted by molar-refractivity contribution is -0.220. The zero-order valence-electron chi connectivity index (χ0n) is 39.6. The summed E-state index contributed by atoms with van der Waals surface area (Å²) in [5.41, 5.74) is 0. The smallest absolute Gasteiger partial charge is 0.462 e. The predicted octanol–water partition coefficient (Wildman–Crippen LogP) is 10.6. The first kappa shape index (κ1) is 59.6. The molecule has 0 aliphatic heterocycles. The van der Waals surface area contributed by atoms with Crippen LogP contribution in [-0.4, -0.2) is 98.3 Å². The number of carbonyl (C=O) groups is 2. The molecule has 372 valence electrons. The van der Waals surface area contributed by atoms with Crippen LogP contribution in [0.25, 0.3) is 0 Å². The van der Waals surface area contributed by atoms with Gasteiger partial charge in [0.25, 0.3) is 0 Å². The molecule has 0 heterocycles. The maximum atomic E-state index is 12.8. The van der Waals surface area contributed by atoms with Crippen molar-refractivity contribution >= 4 is 19.8 Å². The number of phosphoric acid groups is 1. The molecule has 14 heteroatoms. The van der Waals surface area contributed by atoms with Crippen molar-refractivity contribution in [2.45, 2.75) is 275 Å². The molecule has 1 saturated carbocycles. The Morgan fingerprint density at radius 3 is 1.21 bits per heavy atom. The lowest BCUT2D eigenvalue weighted by Crippen LogP contribution is -2.64. The fourth-order valence-electron chi connectivity index (χ4n) is 7.99. The quantitative estimate of drug-likeness (QED) is 0.0146. The number of rotatable bonds is 43. The Hall–Kier alpha value is -1.41. The van der Waals surface area contributed by atoms with E-state index in [1.165, 1.54) is 141 Å². The number of aliphatic hydroxyl groups is 5. The number of hydrogen-bond donors (Lipinski definition) is 6. The van der Waals surface area contributed by atoms with E-state index in [9.17, 15) is 44.6 Å². The van der Waals surface area contributed by atoms with E-state index in [4.69, 9.17) is 18.5 Å². The summed E-state index contributed by atoms with van der Waals surface area (Å²) >= 11 is 0. The highest BCUT2D eigenvalue weighted by molar-refractivity contribution is 7.47. The van der Waals surface area contributed by atoms with Crippen LogP contribution in [0.5, 0.6) is 0 Å². The fraction of sp³-hybridized carbons (Fsp3) is 0.918. The van der Waals surface area contributed by atoms with Crippen LogP contribution in [0.15, 0.2) is 12.2 Å². The molecule has 0 aromatic rings. The van der Waals surface area contributed by atoms with Gasteiger partial charge in [0.1, 0.15) is 43.2 Å². The molecule has 1 aliphatic carbocycles. The van der Waals surface area contributed by atoms with Gasteiger partial charge in [0.05, 0.1) is 6.61 Å². The number of aliphatic hydroxyl groups excluding tert-OH is 5. The molecule has 0 aromatic carbocycles. The van der Waals surface area contributed by atoms with Gasteiger partial charge in [-0.25, -0.2) is 4.57 Å². The summed E-state index contributed by atoms with van der Waals surface area (Å²) in [4.78, 5) is 35.8. The van der Waals surface area contributed by atoms with Crippen LogP contribution in [0, 0.1) is 0 Å². The number of ether oxygens (including phenoxy) is 2. The SMILES string of the molecule is CCCCCCCC/C=C/CCCCCCCCCCCC(=O)O[C@H](COC(=O)CCCCCCCCCCCCCCCCC)COP(=O)(O)OC1C(O)C(O)C(O)[C@@H](O)C1O. The van der Waals surface area contributed by atoms with Gasteiger partial charge < -0.3 is 39.9 Å². The lowest BCUT2D eigenvalue weighted by Gasteiger charge is -2.41. The maximum absolute atomic E-state index is 12.8. The van der Waals surface area contributed by atoms with Gasteiger partial charge in [-0.15, -0.1) is 0 Å². The summed E-state index contributed by atoms with van der Waals surface area (Å²) in [5, 5.41) is 50.2. The first-order valence-corrected chi connectivity index (χ1v) is 27.0. The second kappa shape index (κ2) is 39.7. The van der Waals surface area contributed by atoms with Crippen LogP contribution in [0.3, 0.4) is 0 Å². The molecule has 0 aromatic heterocycles. The fourth-order valence-corrected chi connectivity index (χ4v) is 8.96. The third kappa shape index (κ3) is 32.0. The number of esters is 2. The molecular formula is C49H93O13P. The van der Waals surface area contributed by atoms with Gasteiger partial charge in [-0.2, -0.15) is 0 Å². The van der Waals surface area contributed by atoms with Gasteiger partial charge >= 0.3 is 19.8 Å². The van der Waals surface area contributed by atoms with Crippen molar-refractivity contribution in [2.24, 2.45) is 0 Å². The first-order chi connectivity index (χ1) is 30.4. The molecule has 8 atom stereocenters. The summed E-state index contributed by atoms with van der Waals surface area (Å²) in [6.45, 7) is 3.33. The van der Waals surface area contributed by atoms with E-state index in [0.717, 1.165) is 51.4 Å². The second-order valence-corrected chi connectivity index (χ2v) is 19.4. The Balaban J connectivity index is 2.40. The molecular weight excluding hydrogens is 828 g/mol. The average Bonchev–Trinajstić information content (AvgIpc) is 3.26. The van der Waals surface area contributed by atoms with E-state index in [1.54, 1.807) is 0 Å². The highest BCUT2D eigenvalue weighted by Crippen LogP contribution is 2.47. The molecule has 0 saturated heterocycles. The van der Waals surface area contributed by atoms with Crippen molar-refractivity contribution in [1.29, 1.82) is 0 Å². The molecule has 0 amide bonds. The summed E-state index contributed by atoms with van der Waals surface area (Å²) in [7, 11) is -5.12. The second-order valence-electron chi connectivity index (χ2n) is 18.0. The number of allylic oxidation sites excluding steroid dienone is 2. The van der Waals surface area contributed by atoms with E-state index < -0.39 is 75.7 Å². The Morgan fingerprint density at radius 2 is 0.810 bits per heavy atom.